The molecule has 0 atom stereocenters. The minimum atomic E-state index is 0.0195. The summed E-state index contributed by atoms with van der Waals surface area (Å²) in [6.07, 6.45) is 1.78. The summed E-state index contributed by atoms with van der Waals surface area (Å²) in [4.78, 5) is 33.9. The van der Waals surface area contributed by atoms with Crippen molar-refractivity contribution >= 4 is 44.7 Å². The maximum Gasteiger partial charge on any atom is 0.282 e. The molecule has 2 fully saturated rings. The van der Waals surface area contributed by atoms with Crippen molar-refractivity contribution in [3.05, 3.63) is 22.8 Å². The van der Waals surface area contributed by atoms with Gasteiger partial charge in [0.15, 0.2) is 0 Å². The van der Waals surface area contributed by atoms with Crippen LogP contribution in [0.2, 0.25) is 0 Å². The summed E-state index contributed by atoms with van der Waals surface area (Å²) in [5.74, 6) is 1.76. The average molecular weight is 385 g/mol. The lowest BCUT2D eigenvalue weighted by Crippen LogP contribution is -2.51. The number of nitrogens with zero attached hydrogens (tertiary/aromatic N) is 4. The van der Waals surface area contributed by atoms with Gasteiger partial charge in [-0.15, -0.1) is 0 Å². The quantitative estimate of drug-likeness (QED) is 0.792. The van der Waals surface area contributed by atoms with Crippen LogP contribution in [0, 0.1) is 0 Å². The summed E-state index contributed by atoms with van der Waals surface area (Å²) in [5.41, 5.74) is 0. The number of hydrogen-bond acceptors (Lipinski definition) is 5. The Morgan fingerprint density at radius 1 is 1.23 bits per heavy atom. The van der Waals surface area contributed by atoms with Gasteiger partial charge in [-0.2, -0.15) is 0 Å². The molecular weight excluding hydrogens is 368 g/mol. The van der Waals surface area contributed by atoms with Gasteiger partial charge in [-0.05, 0) is 28.1 Å². The molecule has 8 heteroatoms. The van der Waals surface area contributed by atoms with Crippen LogP contribution in [-0.4, -0.2) is 71.0 Å². The summed E-state index contributed by atoms with van der Waals surface area (Å²) in [6, 6.07) is 3.94. The van der Waals surface area contributed by atoms with Crippen LogP contribution < -0.4 is 4.90 Å². The van der Waals surface area contributed by atoms with Crippen LogP contribution in [0.5, 0.6) is 0 Å². The fourth-order valence-corrected chi connectivity index (χ4v) is 3.63. The van der Waals surface area contributed by atoms with Gasteiger partial charge in [0.1, 0.15) is 12.4 Å². The zero-order chi connectivity index (χ0) is 15.5. The molecular formula is C14H17BrN4O2S. The number of halogens is 1. The van der Waals surface area contributed by atoms with E-state index in [-0.39, 0.29) is 17.7 Å². The molecule has 2 aliphatic heterocycles. The first-order chi connectivity index (χ1) is 10.6. The fraction of sp³-hybridized carbons (Fsp3) is 0.500. The molecule has 0 spiro atoms. The van der Waals surface area contributed by atoms with Crippen LogP contribution in [0.1, 0.15) is 0 Å². The highest BCUT2D eigenvalue weighted by molar-refractivity contribution is 9.10. The molecule has 0 bridgehead atoms. The van der Waals surface area contributed by atoms with Gasteiger partial charge in [0.05, 0.1) is 0 Å². The molecule has 1 aromatic rings. The van der Waals surface area contributed by atoms with Crippen molar-refractivity contribution in [2.24, 2.45) is 0 Å². The molecule has 0 saturated carbocycles. The van der Waals surface area contributed by atoms with E-state index in [1.54, 1.807) is 11.1 Å². The Balaban J connectivity index is 1.51. The smallest absolute Gasteiger partial charge is 0.282 e. The lowest BCUT2D eigenvalue weighted by atomic mass is 10.3. The van der Waals surface area contributed by atoms with Gasteiger partial charge >= 0.3 is 0 Å². The number of rotatable bonds is 3. The molecule has 1 aromatic heterocycles. The Morgan fingerprint density at radius 3 is 2.59 bits per heavy atom. The Labute approximate surface area is 142 Å². The van der Waals surface area contributed by atoms with Crippen molar-refractivity contribution in [3.63, 3.8) is 0 Å². The highest BCUT2D eigenvalue weighted by Crippen LogP contribution is 2.19. The number of thioether (sulfide) groups is 1. The molecule has 0 N–H and O–H groups in total. The molecule has 22 heavy (non-hydrogen) atoms. The van der Waals surface area contributed by atoms with Crippen molar-refractivity contribution < 1.29 is 9.59 Å². The van der Waals surface area contributed by atoms with E-state index in [1.807, 2.05) is 17.0 Å². The zero-order valence-corrected chi connectivity index (χ0v) is 14.5. The van der Waals surface area contributed by atoms with Gasteiger partial charge in [-0.1, -0.05) is 11.8 Å². The van der Waals surface area contributed by atoms with Crippen LogP contribution in [0.3, 0.4) is 0 Å². The number of anilines is 1. The molecule has 0 unspecified atom stereocenters. The van der Waals surface area contributed by atoms with Crippen molar-refractivity contribution in [2.45, 2.75) is 0 Å². The summed E-state index contributed by atoms with van der Waals surface area (Å²) in [7, 11) is 0. The van der Waals surface area contributed by atoms with E-state index in [4.69, 9.17) is 0 Å². The van der Waals surface area contributed by atoms with Crippen molar-refractivity contribution in [3.8, 4) is 0 Å². The lowest BCUT2D eigenvalue weighted by molar-refractivity contribution is -0.131. The highest BCUT2D eigenvalue weighted by atomic mass is 79.9. The second-order valence-electron chi connectivity index (χ2n) is 5.24. The van der Waals surface area contributed by atoms with Crippen molar-refractivity contribution in [1.29, 1.82) is 0 Å². The Hall–Kier alpha value is -1.28. The summed E-state index contributed by atoms with van der Waals surface area (Å²) in [6.45, 7) is 3.77. The first-order valence-corrected chi connectivity index (χ1v) is 8.97. The molecule has 2 aliphatic rings. The largest absolute Gasteiger partial charge is 0.353 e. The van der Waals surface area contributed by atoms with Gasteiger partial charge in [0.2, 0.25) is 5.91 Å². The van der Waals surface area contributed by atoms with Gasteiger partial charge in [0, 0.05) is 49.1 Å². The number of pyridine rings is 1. The Morgan fingerprint density at radius 2 is 2.00 bits per heavy atom. The molecule has 0 aliphatic carbocycles. The van der Waals surface area contributed by atoms with E-state index in [2.05, 4.69) is 25.8 Å². The molecule has 0 radical (unpaired) electrons. The molecule has 3 heterocycles. The third-order valence-electron chi connectivity index (χ3n) is 3.84. The van der Waals surface area contributed by atoms with Crippen molar-refractivity contribution in [2.75, 3.05) is 49.9 Å². The molecule has 0 aromatic carbocycles. The minimum absolute atomic E-state index is 0.0195. The van der Waals surface area contributed by atoms with Gasteiger partial charge in [0.25, 0.3) is 5.24 Å². The highest BCUT2D eigenvalue weighted by Gasteiger charge is 2.27. The number of aromatic nitrogens is 1. The number of amides is 2. The normalized spacial score (nSPS) is 19.0. The monoisotopic (exact) mass is 384 g/mol. The van der Waals surface area contributed by atoms with Gasteiger partial charge in [-0.25, -0.2) is 4.98 Å². The summed E-state index contributed by atoms with van der Waals surface area (Å²) in [5, 5.41) is 0.0195. The topological polar surface area (TPSA) is 56.8 Å². The van der Waals surface area contributed by atoms with E-state index in [0.29, 0.717) is 19.6 Å². The minimum Gasteiger partial charge on any atom is -0.353 e. The van der Waals surface area contributed by atoms with Gasteiger partial charge < -0.3 is 14.7 Å². The SMILES string of the molecule is O=C(CN1CCSC1=O)N1CCN(c2ccc(Br)cn2)CC1. The third kappa shape index (κ3) is 3.55. The summed E-state index contributed by atoms with van der Waals surface area (Å²) >= 11 is 4.67. The zero-order valence-electron chi connectivity index (χ0n) is 12.1. The number of piperazine rings is 1. The number of hydrogen-bond donors (Lipinski definition) is 0. The second kappa shape index (κ2) is 6.87. The average Bonchev–Trinajstić information content (AvgIpc) is 2.93. The first-order valence-electron chi connectivity index (χ1n) is 7.19. The lowest BCUT2D eigenvalue weighted by Gasteiger charge is -2.36. The van der Waals surface area contributed by atoms with E-state index in [1.165, 1.54) is 11.8 Å². The Kier molecular flexibility index (Phi) is 4.87. The van der Waals surface area contributed by atoms with E-state index < -0.39 is 0 Å². The third-order valence-corrected chi connectivity index (χ3v) is 5.20. The predicted molar refractivity (Wildman–Crippen MR) is 90.2 cm³/mol. The van der Waals surface area contributed by atoms with E-state index >= 15 is 0 Å². The molecule has 2 saturated heterocycles. The van der Waals surface area contributed by atoms with E-state index in [0.717, 1.165) is 29.1 Å². The van der Waals surface area contributed by atoms with Crippen LogP contribution in [-0.2, 0) is 4.79 Å². The summed E-state index contributed by atoms with van der Waals surface area (Å²) < 4.78 is 0.957. The van der Waals surface area contributed by atoms with Crippen LogP contribution in [0.15, 0.2) is 22.8 Å². The fourth-order valence-electron chi connectivity index (χ4n) is 2.57. The number of carbonyl (C=O) groups is 2. The maximum absolute atomic E-state index is 12.3. The van der Waals surface area contributed by atoms with Crippen LogP contribution in [0.4, 0.5) is 10.6 Å². The van der Waals surface area contributed by atoms with E-state index in [9.17, 15) is 9.59 Å². The molecule has 3 rings (SSSR count). The molecule has 6 nitrogen and oxygen atoms in total. The Bertz CT molecular complexity index is 560. The molecule has 118 valence electrons. The molecule has 2 amide bonds. The van der Waals surface area contributed by atoms with Crippen LogP contribution >= 0.6 is 27.7 Å². The van der Waals surface area contributed by atoms with Crippen molar-refractivity contribution in [1.82, 2.24) is 14.8 Å². The predicted octanol–water partition coefficient (Wildman–Crippen LogP) is 1.66. The standard InChI is InChI=1S/C14H17BrN4O2S/c15-11-1-2-12(16-9-11)17-3-5-18(6-4-17)13(20)10-19-7-8-22-14(19)21/h1-2,9H,3-8,10H2. The first kappa shape index (κ1) is 15.6. The second-order valence-corrected chi connectivity index (χ2v) is 7.20. The van der Waals surface area contributed by atoms with Crippen LogP contribution in [0.25, 0.3) is 0 Å². The van der Waals surface area contributed by atoms with Gasteiger partial charge in [-0.3, -0.25) is 9.59 Å². The maximum atomic E-state index is 12.3. The number of carbonyl (C=O) groups excluding carboxylic acids is 2.